The lowest BCUT2D eigenvalue weighted by Gasteiger charge is -2.10. The van der Waals surface area contributed by atoms with Crippen LogP contribution in [0.15, 0.2) is 66.7 Å². The molecule has 1 N–H and O–H groups in total. The lowest BCUT2D eigenvalue weighted by atomic mass is 10.0. The number of hydrogen-bond donors (Lipinski definition) is 1. The fourth-order valence-corrected chi connectivity index (χ4v) is 4.31. The first-order chi connectivity index (χ1) is 15.6. The standard InChI is InChI=1S/C25H20N4O2S/c1-3-23-28-29-25(32-23)27-24(30)20-14-22(26-21-7-5-4-6-19(20)21)17-9-8-16-13-18(31-2)11-10-15(16)12-17/h4-14H,3H2,1-2H3,(H,27,29,30). The minimum atomic E-state index is -0.228. The van der Waals surface area contributed by atoms with E-state index in [1.165, 1.54) is 11.3 Å². The zero-order valence-electron chi connectivity index (χ0n) is 17.6. The molecule has 0 aliphatic carbocycles. The first-order valence-corrected chi connectivity index (χ1v) is 11.1. The summed E-state index contributed by atoms with van der Waals surface area (Å²) < 4.78 is 5.32. The summed E-state index contributed by atoms with van der Waals surface area (Å²) in [6.45, 7) is 2.01. The van der Waals surface area contributed by atoms with Crippen molar-refractivity contribution in [2.45, 2.75) is 13.3 Å². The van der Waals surface area contributed by atoms with E-state index in [2.05, 4.69) is 21.6 Å². The van der Waals surface area contributed by atoms with Gasteiger partial charge >= 0.3 is 0 Å². The Hall–Kier alpha value is -3.84. The van der Waals surface area contributed by atoms with Gasteiger partial charge in [-0.05, 0) is 47.5 Å². The number of aryl methyl sites for hydroxylation is 1. The minimum Gasteiger partial charge on any atom is -0.497 e. The van der Waals surface area contributed by atoms with E-state index in [-0.39, 0.29) is 5.91 Å². The summed E-state index contributed by atoms with van der Waals surface area (Å²) in [4.78, 5) is 18.0. The van der Waals surface area contributed by atoms with Crippen LogP contribution in [0.3, 0.4) is 0 Å². The number of fused-ring (bicyclic) bond motifs is 2. The van der Waals surface area contributed by atoms with Gasteiger partial charge in [0.15, 0.2) is 0 Å². The first kappa shape index (κ1) is 20.1. The number of pyridine rings is 1. The quantitative estimate of drug-likeness (QED) is 0.378. The monoisotopic (exact) mass is 440 g/mol. The number of para-hydroxylation sites is 1. The maximum atomic E-state index is 13.2. The highest BCUT2D eigenvalue weighted by Gasteiger charge is 2.16. The lowest BCUT2D eigenvalue weighted by Crippen LogP contribution is -2.13. The molecule has 2 heterocycles. The van der Waals surface area contributed by atoms with Gasteiger partial charge in [-0.3, -0.25) is 10.1 Å². The van der Waals surface area contributed by atoms with Crippen molar-refractivity contribution in [2.75, 3.05) is 12.4 Å². The Bertz CT molecular complexity index is 1460. The third-order valence-corrected chi connectivity index (χ3v) is 6.28. The average molecular weight is 441 g/mol. The Balaban J connectivity index is 1.58. The van der Waals surface area contributed by atoms with Gasteiger partial charge in [-0.2, -0.15) is 0 Å². The number of anilines is 1. The molecule has 0 fully saturated rings. The number of carbonyl (C=O) groups excluding carboxylic acids is 1. The molecule has 7 heteroatoms. The number of carbonyl (C=O) groups is 1. The van der Waals surface area contributed by atoms with Crippen molar-refractivity contribution in [1.82, 2.24) is 15.2 Å². The number of ether oxygens (including phenoxy) is 1. The molecule has 0 spiro atoms. The fourth-order valence-electron chi connectivity index (χ4n) is 3.63. The Morgan fingerprint density at radius 1 is 1.00 bits per heavy atom. The molecule has 2 aromatic heterocycles. The summed E-state index contributed by atoms with van der Waals surface area (Å²) in [7, 11) is 1.66. The SMILES string of the molecule is CCc1nnc(NC(=O)c2cc(-c3ccc4cc(OC)ccc4c3)nc3ccccc23)s1. The Kier molecular flexibility index (Phi) is 5.25. The van der Waals surface area contributed by atoms with Crippen molar-refractivity contribution in [3.63, 3.8) is 0 Å². The van der Waals surface area contributed by atoms with Crippen LogP contribution in [-0.2, 0) is 6.42 Å². The van der Waals surface area contributed by atoms with E-state index in [0.717, 1.165) is 50.1 Å². The number of methoxy groups -OCH3 is 1. The molecule has 0 aliphatic heterocycles. The van der Waals surface area contributed by atoms with Gasteiger partial charge in [-0.1, -0.05) is 54.7 Å². The summed E-state index contributed by atoms with van der Waals surface area (Å²) in [6.07, 6.45) is 0.781. The van der Waals surface area contributed by atoms with Crippen LogP contribution in [0.2, 0.25) is 0 Å². The van der Waals surface area contributed by atoms with E-state index in [1.54, 1.807) is 7.11 Å². The van der Waals surface area contributed by atoms with E-state index >= 15 is 0 Å². The molecule has 0 saturated carbocycles. The third-order valence-electron chi connectivity index (χ3n) is 5.29. The van der Waals surface area contributed by atoms with Crippen LogP contribution in [0.25, 0.3) is 32.9 Å². The third kappa shape index (κ3) is 3.78. The normalized spacial score (nSPS) is 11.1. The van der Waals surface area contributed by atoms with E-state index in [1.807, 2.05) is 67.6 Å². The minimum absolute atomic E-state index is 0.228. The molecule has 6 nitrogen and oxygen atoms in total. The molecule has 0 saturated heterocycles. The molecule has 32 heavy (non-hydrogen) atoms. The molecule has 5 rings (SSSR count). The molecule has 0 unspecified atom stereocenters. The molecule has 5 aromatic rings. The summed E-state index contributed by atoms with van der Waals surface area (Å²) in [5.74, 6) is 0.588. The van der Waals surface area contributed by atoms with Crippen LogP contribution >= 0.6 is 11.3 Å². The topological polar surface area (TPSA) is 77.0 Å². The number of nitrogens with one attached hydrogen (secondary N) is 1. The second-order valence-corrected chi connectivity index (χ2v) is 8.37. The van der Waals surface area contributed by atoms with E-state index in [0.29, 0.717) is 10.7 Å². The van der Waals surface area contributed by atoms with Gasteiger partial charge in [0, 0.05) is 10.9 Å². The van der Waals surface area contributed by atoms with Crippen LogP contribution in [0.5, 0.6) is 5.75 Å². The first-order valence-electron chi connectivity index (χ1n) is 10.3. The zero-order chi connectivity index (χ0) is 22.1. The van der Waals surface area contributed by atoms with Crippen LogP contribution in [0.1, 0.15) is 22.3 Å². The van der Waals surface area contributed by atoms with E-state index in [9.17, 15) is 4.79 Å². The summed E-state index contributed by atoms with van der Waals surface area (Å²) in [5, 5.41) is 15.4. The Morgan fingerprint density at radius 2 is 1.81 bits per heavy atom. The second-order valence-electron chi connectivity index (χ2n) is 7.31. The number of nitrogens with zero attached hydrogens (tertiary/aromatic N) is 3. The molecule has 0 bridgehead atoms. The van der Waals surface area contributed by atoms with E-state index < -0.39 is 0 Å². The van der Waals surface area contributed by atoms with Gasteiger partial charge in [-0.25, -0.2) is 4.98 Å². The number of aromatic nitrogens is 3. The number of rotatable bonds is 5. The van der Waals surface area contributed by atoms with Gasteiger partial charge < -0.3 is 4.74 Å². The second kappa shape index (κ2) is 8.36. The summed E-state index contributed by atoms with van der Waals surface area (Å²) in [6, 6.07) is 21.6. The van der Waals surface area contributed by atoms with Crippen molar-refractivity contribution in [3.05, 3.63) is 77.3 Å². The molecule has 1 amide bonds. The molecule has 3 aromatic carbocycles. The largest absolute Gasteiger partial charge is 0.497 e. The van der Waals surface area contributed by atoms with Gasteiger partial charge in [0.05, 0.1) is 23.9 Å². The zero-order valence-corrected chi connectivity index (χ0v) is 18.4. The molecule has 158 valence electrons. The van der Waals surface area contributed by atoms with E-state index in [4.69, 9.17) is 9.72 Å². The molecule has 0 radical (unpaired) electrons. The highest BCUT2D eigenvalue weighted by Crippen LogP contribution is 2.29. The highest BCUT2D eigenvalue weighted by atomic mass is 32.1. The van der Waals surface area contributed by atoms with Crippen LogP contribution < -0.4 is 10.1 Å². The molecule has 0 aliphatic rings. The predicted octanol–water partition coefficient (Wildman–Crippen LogP) is 5.73. The maximum absolute atomic E-state index is 13.2. The van der Waals surface area contributed by atoms with Crippen molar-refractivity contribution < 1.29 is 9.53 Å². The van der Waals surface area contributed by atoms with Crippen molar-refractivity contribution in [1.29, 1.82) is 0 Å². The summed E-state index contributed by atoms with van der Waals surface area (Å²) >= 11 is 1.39. The predicted molar refractivity (Wildman–Crippen MR) is 128 cm³/mol. The fraction of sp³-hybridized carbons (Fsp3) is 0.120. The average Bonchev–Trinajstić information content (AvgIpc) is 3.30. The van der Waals surface area contributed by atoms with Gasteiger partial charge in [-0.15, -0.1) is 10.2 Å². The van der Waals surface area contributed by atoms with Crippen LogP contribution in [0.4, 0.5) is 5.13 Å². The maximum Gasteiger partial charge on any atom is 0.258 e. The lowest BCUT2D eigenvalue weighted by molar-refractivity contribution is 0.102. The smallest absolute Gasteiger partial charge is 0.258 e. The van der Waals surface area contributed by atoms with Gasteiger partial charge in [0.1, 0.15) is 10.8 Å². The van der Waals surface area contributed by atoms with Crippen molar-refractivity contribution in [2.24, 2.45) is 0 Å². The number of benzene rings is 3. The number of amides is 1. The van der Waals surface area contributed by atoms with Crippen molar-refractivity contribution >= 4 is 44.1 Å². The van der Waals surface area contributed by atoms with Crippen LogP contribution in [0, 0.1) is 0 Å². The molecule has 0 atom stereocenters. The molecular weight excluding hydrogens is 420 g/mol. The summed E-state index contributed by atoms with van der Waals surface area (Å²) in [5.41, 5.74) is 2.98. The molecular formula is C25H20N4O2S. The number of hydrogen-bond acceptors (Lipinski definition) is 6. The Morgan fingerprint density at radius 3 is 2.62 bits per heavy atom. The van der Waals surface area contributed by atoms with Crippen LogP contribution in [-0.4, -0.2) is 28.2 Å². The Labute approximate surface area is 188 Å². The van der Waals surface area contributed by atoms with Gasteiger partial charge in [0.25, 0.3) is 5.91 Å². The van der Waals surface area contributed by atoms with Crippen molar-refractivity contribution in [3.8, 4) is 17.0 Å². The van der Waals surface area contributed by atoms with Gasteiger partial charge in [0.2, 0.25) is 5.13 Å². The highest BCUT2D eigenvalue weighted by molar-refractivity contribution is 7.15.